The van der Waals surface area contributed by atoms with Crippen LogP contribution in [0.25, 0.3) is 27.7 Å². The Balaban J connectivity index is 1.17. The Hall–Kier alpha value is -3.56. The molecular weight excluding hydrogens is 430 g/mol. The zero-order chi connectivity index (χ0) is 23.2. The van der Waals surface area contributed by atoms with Crippen LogP contribution in [-0.2, 0) is 4.79 Å². The van der Waals surface area contributed by atoms with Gasteiger partial charge < -0.3 is 15.4 Å². The maximum Gasteiger partial charge on any atom is 0.237 e. The first-order chi connectivity index (χ1) is 16.6. The van der Waals surface area contributed by atoms with Gasteiger partial charge in [0.25, 0.3) is 0 Å². The molecule has 3 N–H and O–H groups in total. The number of nitrogens with zero attached hydrogens (tertiary/aromatic N) is 5. The number of likely N-dealkylation sites (tertiary alicyclic amines) is 1. The summed E-state index contributed by atoms with van der Waals surface area (Å²) in [6, 6.07) is 7.97. The maximum atomic E-state index is 12.8. The fourth-order valence-electron chi connectivity index (χ4n) is 5.35. The average molecular weight is 458 g/mol. The van der Waals surface area contributed by atoms with E-state index in [4.69, 9.17) is 0 Å². The molecule has 1 aliphatic heterocycles. The van der Waals surface area contributed by atoms with Crippen LogP contribution in [0.1, 0.15) is 37.3 Å². The number of H-pyrrole nitrogens is 1. The van der Waals surface area contributed by atoms with Crippen molar-refractivity contribution >= 4 is 22.5 Å². The minimum atomic E-state index is -0.774. The van der Waals surface area contributed by atoms with Gasteiger partial charge in [-0.3, -0.25) is 9.69 Å². The molecule has 0 aromatic carbocycles. The van der Waals surface area contributed by atoms with Crippen LogP contribution in [0.5, 0.6) is 0 Å². The van der Waals surface area contributed by atoms with Gasteiger partial charge in [-0.05, 0) is 61.6 Å². The van der Waals surface area contributed by atoms with Crippen LogP contribution < -0.4 is 5.32 Å². The lowest BCUT2D eigenvalue weighted by Crippen LogP contribution is -2.52. The van der Waals surface area contributed by atoms with Crippen molar-refractivity contribution in [3.63, 3.8) is 0 Å². The number of aliphatic hydroxyl groups is 1. The summed E-state index contributed by atoms with van der Waals surface area (Å²) in [5, 5.41) is 23.0. The van der Waals surface area contributed by atoms with Gasteiger partial charge in [-0.2, -0.15) is 14.8 Å². The molecule has 2 atom stereocenters. The molecule has 6 rings (SSSR count). The van der Waals surface area contributed by atoms with Crippen molar-refractivity contribution in [3.05, 3.63) is 61.2 Å². The molecule has 5 heterocycles. The fourth-order valence-corrected chi connectivity index (χ4v) is 5.35. The number of fused-ring (bicyclic) bond motifs is 2. The van der Waals surface area contributed by atoms with E-state index in [2.05, 4.69) is 38.1 Å². The summed E-state index contributed by atoms with van der Waals surface area (Å²) in [5.74, 6) is 0.348. The molecule has 1 saturated carbocycles. The SMILES string of the molecule is C=CC(O)N1CCC[C@H]1C(=O)N[C@H]1C[C@@H](c2cc3c(-c4cnn5ncccc45)ccnc3[nH]2)C1. The second-order valence-corrected chi connectivity index (χ2v) is 9.22. The lowest BCUT2D eigenvalue weighted by Gasteiger charge is -2.37. The number of carbonyl (C=O) groups is 1. The number of carbonyl (C=O) groups excluding carboxylic acids is 1. The molecule has 1 saturated heterocycles. The van der Waals surface area contributed by atoms with Gasteiger partial charge in [0, 0.05) is 47.5 Å². The minimum absolute atomic E-state index is 0.00384. The number of amides is 1. The Bertz CT molecular complexity index is 1370. The number of rotatable bonds is 6. The predicted octanol–water partition coefficient (Wildman–Crippen LogP) is 2.60. The second-order valence-electron chi connectivity index (χ2n) is 9.22. The maximum absolute atomic E-state index is 12.8. The van der Waals surface area contributed by atoms with Crippen molar-refractivity contribution in [2.45, 2.75) is 49.9 Å². The normalized spacial score (nSPS) is 23.7. The molecule has 4 aromatic rings. The predicted molar refractivity (Wildman–Crippen MR) is 128 cm³/mol. The van der Waals surface area contributed by atoms with Crippen molar-refractivity contribution in [2.75, 3.05) is 6.54 Å². The van der Waals surface area contributed by atoms with Crippen LogP contribution >= 0.6 is 0 Å². The highest BCUT2D eigenvalue weighted by Gasteiger charge is 2.38. The lowest BCUT2D eigenvalue weighted by molar-refractivity contribution is -0.129. The zero-order valence-electron chi connectivity index (χ0n) is 18.8. The van der Waals surface area contributed by atoms with Crippen LogP contribution in [0.4, 0.5) is 0 Å². The Morgan fingerprint density at radius 1 is 1.26 bits per heavy atom. The molecule has 34 heavy (non-hydrogen) atoms. The van der Waals surface area contributed by atoms with E-state index in [1.807, 2.05) is 35.5 Å². The first-order valence-corrected chi connectivity index (χ1v) is 11.8. The van der Waals surface area contributed by atoms with Gasteiger partial charge in [-0.25, -0.2) is 4.98 Å². The van der Waals surface area contributed by atoms with Crippen LogP contribution in [0.15, 0.2) is 55.5 Å². The van der Waals surface area contributed by atoms with Crippen molar-refractivity contribution < 1.29 is 9.90 Å². The monoisotopic (exact) mass is 457 g/mol. The number of aromatic amines is 1. The van der Waals surface area contributed by atoms with Gasteiger partial charge in [0.15, 0.2) is 0 Å². The van der Waals surface area contributed by atoms with E-state index >= 15 is 0 Å². The van der Waals surface area contributed by atoms with Crippen molar-refractivity contribution in [1.29, 1.82) is 0 Å². The molecule has 0 spiro atoms. The molecule has 9 nitrogen and oxygen atoms in total. The van der Waals surface area contributed by atoms with Crippen molar-refractivity contribution in [2.24, 2.45) is 0 Å². The standard InChI is InChI=1S/C25H27N7O2/c1-2-23(33)31-10-4-6-22(31)25(34)29-16-11-15(12-16)20-13-18-17(7-9-26-24(18)30-20)19-14-28-32-21(19)5-3-8-27-32/h2-3,5,7-9,13-16,22-23,33H,1,4,6,10-12H2,(H,26,30)(H,29,34)/t15-,16+,22-,23?/m0/s1. The van der Waals surface area contributed by atoms with Gasteiger partial charge in [-0.15, -0.1) is 0 Å². The summed E-state index contributed by atoms with van der Waals surface area (Å²) >= 11 is 0. The molecular formula is C25H27N7O2. The third-order valence-electron chi connectivity index (χ3n) is 7.22. The summed E-state index contributed by atoms with van der Waals surface area (Å²) in [7, 11) is 0. The van der Waals surface area contributed by atoms with E-state index < -0.39 is 6.23 Å². The summed E-state index contributed by atoms with van der Waals surface area (Å²) < 4.78 is 1.63. The van der Waals surface area contributed by atoms with Gasteiger partial charge in [-0.1, -0.05) is 6.58 Å². The van der Waals surface area contributed by atoms with E-state index in [1.165, 1.54) is 6.08 Å². The number of hydrogen-bond acceptors (Lipinski definition) is 6. The molecule has 2 aliphatic rings. The van der Waals surface area contributed by atoms with Gasteiger partial charge in [0.05, 0.1) is 17.8 Å². The van der Waals surface area contributed by atoms with E-state index in [0.717, 1.165) is 59.1 Å². The number of nitrogens with one attached hydrogen (secondary N) is 2. The van der Waals surface area contributed by atoms with Crippen LogP contribution in [-0.4, -0.2) is 65.6 Å². The summed E-state index contributed by atoms with van der Waals surface area (Å²) in [6.07, 6.45) is 9.51. The largest absolute Gasteiger partial charge is 0.375 e. The number of hydrogen-bond donors (Lipinski definition) is 3. The Morgan fingerprint density at radius 3 is 3.00 bits per heavy atom. The van der Waals surface area contributed by atoms with Gasteiger partial charge in [0.1, 0.15) is 11.9 Å². The highest BCUT2D eigenvalue weighted by Crippen LogP contribution is 2.39. The molecule has 0 radical (unpaired) electrons. The van der Waals surface area contributed by atoms with Gasteiger partial charge in [0.2, 0.25) is 5.91 Å². The minimum Gasteiger partial charge on any atom is -0.375 e. The quantitative estimate of drug-likeness (QED) is 0.384. The van der Waals surface area contributed by atoms with E-state index in [-0.39, 0.29) is 18.0 Å². The second kappa shape index (κ2) is 8.34. The molecule has 9 heteroatoms. The average Bonchev–Trinajstić information content (AvgIpc) is 3.57. The molecule has 174 valence electrons. The highest BCUT2D eigenvalue weighted by molar-refractivity contribution is 5.97. The van der Waals surface area contributed by atoms with E-state index in [0.29, 0.717) is 12.5 Å². The third-order valence-corrected chi connectivity index (χ3v) is 7.22. The smallest absolute Gasteiger partial charge is 0.237 e. The first kappa shape index (κ1) is 21.0. The Labute approximate surface area is 196 Å². The lowest BCUT2D eigenvalue weighted by atomic mass is 9.78. The number of aromatic nitrogens is 5. The van der Waals surface area contributed by atoms with Gasteiger partial charge >= 0.3 is 0 Å². The van der Waals surface area contributed by atoms with Crippen LogP contribution in [0.3, 0.4) is 0 Å². The number of aliphatic hydroxyl groups excluding tert-OH is 1. The molecule has 2 fully saturated rings. The van der Waals surface area contributed by atoms with Crippen LogP contribution in [0.2, 0.25) is 0 Å². The molecule has 1 unspecified atom stereocenters. The van der Waals surface area contributed by atoms with Crippen molar-refractivity contribution in [1.82, 2.24) is 35.0 Å². The molecule has 1 aliphatic carbocycles. The third kappa shape index (κ3) is 3.48. The topological polar surface area (TPSA) is 111 Å². The summed E-state index contributed by atoms with van der Waals surface area (Å²) in [5.41, 5.74) is 5.03. The first-order valence-electron chi connectivity index (χ1n) is 11.8. The fraction of sp³-hybridized carbons (Fsp3) is 0.360. The number of pyridine rings is 1. The molecule has 0 bridgehead atoms. The Kier molecular flexibility index (Phi) is 5.15. The highest BCUT2D eigenvalue weighted by atomic mass is 16.3. The van der Waals surface area contributed by atoms with Crippen LogP contribution in [0, 0.1) is 0 Å². The molecule has 4 aromatic heterocycles. The zero-order valence-corrected chi connectivity index (χ0v) is 18.8. The summed E-state index contributed by atoms with van der Waals surface area (Å²) in [6.45, 7) is 4.36. The molecule has 1 amide bonds. The van der Waals surface area contributed by atoms with Crippen molar-refractivity contribution in [3.8, 4) is 11.1 Å². The summed E-state index contributed by atoms with van der Waals surface area (Å²) in [4.78, 5) is 22.7. The van der Waals surface area contributed by atoms with E-state index in [9.17, 15) is 9.90 Å². The Morgan fingerprint density at radius 2 is 2.15 bits per heavy atom. The van der Waals surface area contributed by atoms with E-state index in [1.54, 1.807) is 10.8 Å².